The Morgan fingerprint density at radius 1 is 1.19 bits per heavy atom. The highest BCUT2D eigenvalue weighted by Crippen LogP contribution is 2.36. The minimum Gasteiger partial charge on any atom is -0.546 e. The lowest BCUT2D eigenvalue weighted by Gasteiger charge is -2.14. The molecule has 0 N–H and O–H groups in total. The summed E-state index contributed by atoms with van der Waals surface area (Å²) in [4.78, 5) is 24.8. The fourth-order valence-electron chi connectivity index (χ4n) is 2.23. The van der Waals surface area contributed by atoms with Crippen LogP contribution in [0.25, 0.3) is 6.08 Å². The van der Waals surface area contributed by atoms with Gasteiger partial charge in [-0.2, -0.15) is 0 Å². The standard InChI is InChI=1S/C18H12FNO4S2/c19-12-3-5-13(6-4-12)20-17(23)15(26-18(20)25)9-11-1-7-14(8-2-11)24-10-16(21)22/h1-9H,10H2,(H,21,22)/p-1/b15-9-. The van der Waals surface area contributed by atoms with Crippen LogP contribution in [0.2, 0.25) is 0 Å². The zero-order valence-corrected chi connectivity index (χ0v) is 14.8. The maximum absolute atomic E-state index is 13.1. The van der Waals surface area contributed by atoms with Gasteiger partial charge in [0.2, 0.25) is 0 Å². The van der Waals surface area contributed by atoms with Crippen LogP contribution in [0.15, 0.2) is 53.4 Å². The molecule has 3 rings (SSSR count). The summed E-state index contributed by atoms with van der Waals surface area (Å²) in [5, 5.41) is 10.4. The van der Waals surface area contributed by atoms with Crippen molar-refractivity contribution >= 4 is 51.9 Å². The van der Waals surface area contributed by atoms with E-state index in [0.29, 0.717) is 20.7 Å². The molecule has 0 unspecified atom stereocenters. The Bertz CT molecular complexity index is 894. The van der Waals surface area contributed by atoms with E-state index in [9.17, 15) is 19.1 Å². The number of aliphatic carboxylic acids is 1. The van der Waals surface area contributed by atoms with Crippen LogP contribution in [-0.2, 0) is 9.59 Å². The zero-order chi connectivity index (χ0) is 18.7. The summed E-state index contributed by atoms with van der Waals surface area (Å²) in [6.07, 6.45) is 1.67. The van der Waals surface area contributed by atoms with Gasteiger partial charge < -0.3 is 14.6 Å². The third-order valence-electron chi connectivity index (χ3n) is 3.41. The molecule has 132 valence electrons. The van der Waals surface area contributed by atoms with Crippen LogP contribution >= 0.6 is 24.0 Å². The summed E-state index contributed by atoms with van der Waals surface area (Å²) in [5.74, 6) is -1.61. The molecule has 0 saturated carbocycles. The Labute approximate surface area is 158 Å². The van der Waals surface area contributed by atoms with Crippen molar-refractivity contribution in [1.82, 2.24) is 0 Å². The Morgan fingerprint density at radius 3 is 2.46 bits per heavy atom. The highest BCUT2D eigenvalue weighted by molar-refractivity contribution is 8.27. The molecule has 2 aromatic carbocycles. The van der Waals surface area contributed by atoms with Gasteiger partial charge in [-0.1, -0.05) is 36.1 Å². The first-order valence-corrected chi connectivity index (χ1v) is 8.63. The lowest BCUT2D eigenvalue weighted by atomic mass is 10.2. The molecule has 1 fully saturated rings. The van der Waals surface area contributed by atoms with Crippen LogP contribution in [-0.4, -0.2) is 22.8 Å². The summed E-state index contributed by atoms with van der Waals surface area (Å²) in [6, 6.07) is 12.1. The second kappa shape index (κ2) is 7.67. The molecule has 1 saturated heterocycles. The first-order chi connectivity index (χ1) is 12.4. The predicted octanol–water partition coefficient (Wildman–Crippen LogP) is 2.36. The number of thiocarbonyl (C=S) groups is 1. The van der Waals surface area contributed by atoms with E-state index in [0.717, 1.165) is 17.3 Å². The number of benzene rings is 2. The number of rotatable bonds is 5. The second-order valence-corrected chi connectivity index (χ2v) is 6.90. The number of nitrogens with zero attached hydrogens (tertiary/aromatic N) is 1. The van der Waals surface area contributed by atoms with Crippen molar-refractivity contribution in [2.75, 3.05) is 11.5 Å². The maximum Gasteiger partial charge on any atom is 0.270 e. The molecule has 5 nitrogen and oxygen atoms in total. The molecule has 0 radical (unpaired) electrons. The molecule has 0 aliphatic carbocycles. The predicted molar refractivity (Wildman–Crippen MR) is 99.0 cm³/mol. The lowest BCUT2D eigenvalue weighted by molar-refractivity contribution is -0.307. The number of carboxylic acid groups (broad SMARTS) is 1. The van der Waals surface area contributed by atoms with Crippen LogP contribution in [0.4, 0.5) is 10.1 Å². The number of hydrogen-bond donors (Lipinski definition) is 0. The number of carboxylic acids is 1. The average molecular weight is 388 g/mol. The van der Waals surface area contributed by atoms with Gasteiger partial charge in [0.25, 0.3) is 5.91 Å². The normalized spacial score (nSPS) is 15.6. The van der Waals surface area contributed by atoms with Gasteiger partial charge in [-0.05, 0) is 48.0 Å². The van der Waals surface area contributed by atoms with Crippen LogP contribution in [0.1, 0.15) is 5.56 Å². The Morgan fingerprint density at radius 2 is 1.85 bits per heavy atom. The van der Waals surface area contributed by atoms with E-state index >= 15 is 0 Å². The first-order valence-electron chi connectivity index (χ1n) is 7.40. The first kappa shape index (κ1) is 18.1. The SMILES string of the molecule is O=C([O-])COc1ccc(/C=C2\SC(=S)N(c3ccc(F)cc3)C2=O)cc1. The van der Waals surface area contributed by atoms with Gasteiger partial charge in [0.15, 0.2) is 4.32 Å². The Hall–Kier alpha value is -2.71. The van der Waals surface area contributed by atoms with Gasteiger partial charge >= 0.3 is 0 Å². The molecule has 0 bridgehead atoms. The van der Waals surface area contributed by atoms with E-state index < -0.39 is 18.4 Å². The summed E-state index contributed by atoms with van der Waals surface area (Å²) in [7, 11) is 0. The quantitative estimate of drug-likeness (QED) is 0.579. The van der Waals surface area contributed by atoms with Gasteiger partial charge in [0, 0.05) is 0 Å². The fourth-order valence-corrected chi connectivity index (χ4v) is 3.53. The fraction of sp³-hybridized carbons (Fsp3) is 0.0556. The van der Waals surface area contributed by atoms with Gasteiger partial charge in [0.1, 0.15) is 18.2 Å². The molecule has 26 heavy (non-hydrogen) atoms. The highest BCUT2D eigenvalue weighted by atomic mass is 32.2. The van der Waals surface area contributed by atoms with Crippen LogP contribution in [0.3, 0.4) is 0 Å². The smallest absolute Gasteiger partial charge is 0.270 e. The molecule has 0 atom stereocenters. The van der Waals surface area contributed by atoms with Crippen molar-refractivity contribution < 1.29 is 23.8 Å². The third-order valence-corrected chi connectivity index (χ3v) is 4.72. The molecule has 2 aromatic rings. The lowest BCUT2D eigenvalue weighted by Crippen LogP contribution is -2.28. The largest absolute Gasteiger partial charge is 0.546 e. The number of ether oxygens (including phenoxy) is 1. The number of thioether (sulfide) groups is 1. The molecular formula is C18H11FNO4S2-. The summed E-state index contributed by atoms with van der Waals surface area (Å²) in [6.45, 7) is -0.532. The molecule has 1 amide bonds. The van der Waals surface area contributed by atoms with Crippen molar-refractivity contribution in [2.45, 2.75) is 0 Å². The molecule has 8 heteroatoms. The second-order valence-electron chi connectivity index (χ2n) is 5.22. The van der Waals surface area contributed by atoms with Gasteiger partial charge in [-0.3, -0.25) is 9.69 Å². The van der Waals surface area contributed by atoms with Crippen molar-refractivity contribution in [3.63, 3.8) is 0 Å². The molecule has 1 heterocycles. The van der Waals surface area contributed by atoms with E-state index in [4.69, 9.17) is 17.0 Å². The van der Waals surface area contributed by atoms with Crippen molar-refractivity contribution in [3.8, 4) is 5.75 Å². The third kappa shape index (κ3) is 4.09. The van der Waals surface area contributed by atoms with Crippen LogP contribution < -0.4 is 14.7 Å². The topological polar surface area (TPSA) is 69.7 Å². The number of amides is 1. The molecular weight excluding hydrogens is 377 g/mol. The summed E-state index contributed by atoms with van der Waals surface area (Å²) in [5.41, 5.74) is 1.23. The number of carbonyl (C=O) groups is 2. The van der Waals surface area contributed by atoms with Crippen molar-refractivity contribution in [2.24, 2.45) is 0 Å². The van der Waals surface area contributed by atoms with E-state index in [1.807, 2.05) is 0 Å². The molecule has 1 aliphatic rings. The molecule has 1 aliphatic heterocycles. The van der Waals surface area contributed by atoms with Crippen molar-refractivity contribution in [1.29, 1.82) is 0 Å². The summed E-state index contributed by atoms with van der Waals surface area (Å²) >= 11 is 6.41. The van der Waals surface area contributed by atoms with E-state index in [1.165, 1.54) is 29.2 Å². The summed E-state index contributed by atoms with van der Waals surface area (Å²) < 4.78 is 18.4. The molecule has 0 aromatic heterocycles. The van der Waals surface area contributed by atoms with E-state index in [-0.39, 0.29) is 5.91 Å². The van der Waals surface area contributed by atoms with Crippen molar-refractivity contribution in [3.05, 3.63) is 64.8 Å². The van der Waals surface area contributed by atoms with E-state index in [1.54, 1.807) is 30.3 Å². The van der Waals surface area contributed by atoms with Gasteiger partial charge in [-0.25, -0.2) is 4.39 Å². The number of halogens is 1. The van der Waals surface area contributed by atoms with Crippen LogP contribution in [0, 0.1) is 5.82 Å². The van der Waals surface area contributed by atoms with Gasteiger partial charge in [-0.15, -0.1) is 0 Å². The Balaban J connectivity index is 1.77. The minimum absolute atomic E-state index is 0.288. The van der Waals surface area contributed by atoms with Gasteiger partial charge in [0.05, 0.1) is 16.6 Å². The maximum atomic E-state index is 13.1. The average Bonchev–Trinajstić information content (AvgIpc) is 2.89. The zero-order valence-electron chi connectivity index (χ0n) is 13.2. The Kier molecular flexibility index (Phi) is 5.34. The number of hydrogen-bond acceptors (Lipinski definition) is 6. The number of carbonyl (C=O) groups excluding carboxylic acids is 2. The minimum atomic E-state index is -1.31. The molecule has 0 spiro atoms. The number of anilines is 1. The monoisotopic (exact) mass is 388 g/mol. The van der Waals surface area contributed by atoms with E-state index in [2.05, 4.69) is 0 Å². The highest BCUT2D eigenvalue weighted by Gasteiger charge is 2.33. The van der Waals surface area contributed by atoms with Crippen LogP contribution in [0.5, 0.6) is 5.75 Å².